The lowest BCUT2D eigenvalue weighted by atomic mass is 9.82. The summed E-state index contributed by atoms with van der Waals surface area (Å²) in [5.74, 6) is -0.270. The maximum absolute atomic E-state index is 13.4. The van der Waals surface area contributed by atoms with Crippen LogP contribution in [0.5, 0.6) is 5.75 Å². The summed E-state index contributed by atoms with van der Waals surface area (Å²) in [6, 6.07) is 4.80. The fourth-order valence-corrected chi connectivity index (χ4v) is 3.72. The first kappa shape index (κ1) is 22.4. The molecule has 164 valence electrons. The number of nitrogen functional groups attached to an aromatic ring is 1. The minimum atomic E-state index is -0.677. The highest BCUT2D eigenvalue weighted by atomic mass is 35.5. The van der Waals surface area contributed by atoms with Gasteiger partial charge >= 0.3 is 5.69 Å². The first-order valence-electron chi connectivity index (χ1n) is 9.43. The summed E-state index contributed by atoms with van der Waals surface area (Å²) in [4.78, 5) is 43.0. The van der Waals surface area contributed by atoms with Gasteiger partial charge in [0.2, 0.25) is 0 Å². The molecule has 0 aliphatic heterocycles. The van der Waals surface area contributed by atoms with Crippen LogP contribution >= 0.6 is 11.6 Å². The third-order valence-electron chi connectivity index (χ3n) is 5.00. The number of fused-ring (bicyclic) bond motifs is 1. The van der Waals surface area contributed by atoms with E-state index in [1.807, 2.05) is 20.8 Å². The zero-order valence-electron chi connectivity index (χ0n) is 18.2. The predicted molar refractivity (Wildman–Crippen MR) is 121 cm³/mol. The largest absolute Gasteiger partial charge is 0.495 e. The van der Waals surface area contributed by atoms with Crippen molar-refractivity contribution in [2.24, 2.45) is 14.1 Å². The Kier molecular flexibility index (Phi) is 5.58. The molecule has 0 aliphatic rings. The smallest absolute Gasteiger partial charge is 0.332 e. The van der Waals surface area contributed by atoms with E-state index in [9.17, 15) is 14.4 Å². The number of anilines is 2. The first-order chi connectivity index (χ1) is 14.4. The molecule has 0 unspecified atom stereocenters. The van der Waals surface area contributed by atoms with Crippen molar-refractivity contribution in [3.63, 3.8) is 0 Å². The normalized spacial score (nSPS) is 11.6. The van der Waals surface area contributed by atoms with Gasteiger partial charge in [0.05, 0.1) is 23.7 Å². The van der Waals surface area contributed by atoms with Crippen LogP contribution in [-0.4, -0.2) is 27.1 Å². The highest BCUT2D eigenvalue weighted by Crippen LogP contribution is 2.35. The number of aromatic nitrogens is 3. The number of carbonyl (C=O) groups excluding carboxylic acids is 1. The fourth-order valence-electron chi connectivity index (χ4n) is 3.55. The Balaban J connectivity index is 2.37. The number of rotatable bonds is 3. The van der Waals surface area contributed by atoms with Crippen LogP contribution in [0, 0.1) is 0 Å². The van der Waals surface area contributed by atoms with Crippen molar-refractivity contribution in [3.8, 4) is 5.75 Å². The molecule has 0 saturated heterocycles. The molecule has 0 aliphatic carbocycles. The Labute approximate surface area is 183 Å². The molecule has 1 aromatic carbocycles. The van der Waals surface area contributed by atoms with Gasteiger partial charge in [-0.2, -0.15) is 0 Å². The van der Waals surface area contributed by atoms with Crippen LogP contribution in [0.1, 0.15) is 36.7 Å². The molecule has 1 amide bonds. The third kappa shape index (κ3) is 3.76. The van der Waals surface area contributed by atoms with Crippen LogP contribution in [0.25, 0.3) is 11.0 Å². The first-order valence-corrected chi connectivity index (χ1v) is 9.80. The fraction of sp³-hybridized carbons (Fsp3) is 0.333. The van der Waals surface area contributed by atoms with E-state index >= 15 is 0 Å². The van der Waals surface area contributed by atoms with Crippen molar-refractivity contribution in [1.29, 1.82) is 0 Å². The lowest BCUT2D eigenvalue weighted by Gasteiger charge is -2.26. The lowest BCUT2D eigenvalue weighted by molar-refractivity contribution is 0.102. The summed E-state index contributed by atoms with van der Waals surface area (Å²) < 4.78 is 7.51. The van der Waals surface area contributed by atoms with Gasteiger partial charge in [0.1, 0.15) is 11.6 Å². The van der Waals surface area contributed by atoms with Crippen LogP contribution in [0.15, 0.2) is 27.8 Å². The van der Waals surface area contributed by atoms with Crippen molar-refractivity contribution in [2.45, 2.75) is 26.2 Å². The van der Waals surface area contributed by atoms with E-state index in [0.29, 0.717) is 22.0 Å². The van der Waals surface area contributed by atoms with Crippen molar-refractivity contribution < 1.29 is 9.53 Å². The number of amides is 1. The number of nitrogens with zero attached hydrogens (tertiary/aromatic N) is 3. The molecular weight excluding hydrogens is 422 g/mol. The van der Waals surface area contributed by atoms with Gasteiger partial charge in [0.15, 0.2) is 5.65 Å². The van der Waals surface area contributed by atoms with Crippen LogP contribution < -0.4 is 27.0 Å². The average molecular weight is 446 g/mol. The van der Waals surface area contributed by atoms with Gasteiger partial charge in [-0.1, -0.05) is 32.4 Å². The van der Waals surface area contributed by atoms with E-state index in [0.717, 1.165) is 4.57 Å². The average Bonchev–Trinajstić information content (AvgIpc) is 2.69. The third-order valence-corrected chi connectivity index (χ3v) is 5.24. The highest BCUT2D eigenvalue weighted by molar-refractivity contribution is 6.31. The van der Waals surface area contributed by atoms with Gasteiger partial charge in [0, 0.05) is 19.1 Å². The SMILES string of the molecule is COc1ccc(Cl)cc1NC(=O)c1c(N)nc2c(c1C(C)(C)C)c(=O)n(C)c(=O)n2C. The zero-order valence-corrected chi connectivity index (χ0v) is 18.9. The minimum absolute atomic E-state index is 0.0535. The topological polar surface area (TPSA) is 121 Å². The number of ether oxygens (including phenoxy) is 1. The van der Waals surface area contributed by atoms with Gasteiger partial charge in [-0.3, -0.25) is 18.7 Å². The maximum atomic E-state index is 13.4. The number of carbonyl (C=O) groups is 1. The Bertz CT molecular complexity index is 1340. The lowest BCUT2D eigenvalue weighted by Crippen LogP contribution is -2.39. The number of nitrogens with two attached hydrogens (primary N) is 1. The van der Waals surface area contributed by atoms with Gasteiger partial charge in [0.25, 0.3) is 11.5 Å². The number of pyridine rings is 1. The second-order valence-corrected chi connectivity index (χ2v) is 8.64. The second-order valence-electron chi connectivity index (χ2n) is 8.20. The molecule has 0 fully saturated rings. The standard InChI is InChI=1S/C21H24ClN5O4/c1-21(2,3)15-13(18(28)24-11-9-10(22)7-8-12(11)31-6)16(23)25-17-14(15)19(29)27(5)20(30)26(17)4/h7-9H,1-6H3,(H2,23,25)(H,24,28). The van der Waals surface area contributed by atoms with E-state index in [1.54, 1.807) is 18.2 Å². The van der Waals surface area contributed by atoms with Gasteiger partial charge in [-0.05, 0) is 29.2 Å². The molecule has 0 atom stereocenters. The Morgan fingerprint density at radius 1 is 1.19 bits per heavy atom. The van der Waals surface area contributed by atoms with E-state index in [1.165, 1.54) is 25.8 Å². The zero-order chi connectivity index (χ0) is 23.2. The Morgan fingerprint density at radius 3 is 2.42 bits per heavy atom. The molecule has 9 nitrogen and oxygen atoms in total. The molecule has 0 spiro atoms. The summed E-state index contributed by atoms with van der Waals surface area (Å²) >= 11 is 6.07. The van der Waals surface area contributed by atoms with Crippen LogP contribution in [-0.2, 0) is 19.5 Å². The molecule has 3 aromatic rings. The second kappa shape index (κ2) is 7.73. The molecule has 3 N–H and O–H groups in total. The van der Waals surface area contributed by atoms with Crippen molar-refractivity contribution >= 4 is 40.0 Å². The molecule has 2 heterocycles. The summed E-state index contributed by atoms with van der Waals surface area (Å²) in [7, 11) is 4.35. The van der Waals surface area contributed by atoms with Gasteiger partial charge < -0.3 is 15.8 Å². The number of methoxy groups -OCH3 is 1. The van der Waals surface area contributed by atoms with Crippen molar-refractivity contribution in [2.75, 3.05) is 18.2 Å². The van der Waals surface area contributed by atoms with Crippen LogP contribution in [0.3, 0.4) is 0 Å². The summed E-state index contributed by atoms with van der Waals surface area (Å²) in [5.41, 5.74) is 5.33. The minimum Gasteiger partial charge on any atom is -0.495 e. The summed E-state index contributed by atoms with van der Waals surface area (Å²) in [6.45, 7) is 5.55. The quantitative estimate of drug-likeness (QED) is 0.638. The number of halogens is 1. The summed E-state index contributed by atoms with van der Waals surface area (Å²) in [6.07, 6.45) is 0. The highest BCUT2D eigenvalue weighted by Gasteiger charge is 2.31. The van der Waals surface area contributed by atoms with Crippen molar-refractivity contribution in [1.82, 2.24) is 14.1 Å². The van der Waals surface area contributed by atoms with E-state index in [4.69, 9.17) is 22.1 Å². The number of hydrogen-bond acceptors (Lipinski definition) is 6. The van der Waals surface area contributed by atoms with Crippen LogP contribution in [0.4, 0.5) is 11.5 Å². The predicted octanol–water partition coefficient (Wildman–Crippen LogP) is 2.43. The van der Waals surface area contributed by atoms with Crippen molar-refractivity contribution in [3.05, 3.63) is 55.2 Å². The molecule has 0 radical (unpaired) electrons. The van der Waals surface area contributed by atoms with E-state index in [-0.39, 0.29) is 22.4 Å². The number of hydrogen-bond donors (Lipinski definition) is 2. The molecule has 31 heavy (non-hydrogen) atoms. The van der Waals surface area contributed by atoms with Crippen LogP contribution in [0.2, 0.25) is 5.02 Å². The number of nitrogens with one attached hydrogen (secondary N) is 1. The molecule has 2 aromatic heterocycles. The molecule has 3 rings (SSSR count). The Hall–Kier alpha value is -3.33. The number of aryl methyl sites for hydroxylation is 1. The molecular formula is C21H24ClN5O4. The molecule has 0 bridgehead atoms. The Morgan fingerprint density at radius 2 is 1.84 bits per heavy atom. The maximum Gasteiger partial charge on any atom is 0.332 e. The van der Waals surface area contributed by atoms with E-state index < -0.39 is 22.6 Å². The summed E-state index contributed by atoms with van der Waals surface area (Å²) in [5, 5.41) is 3.32. The number of benzene rings is 1. The van der Waals surface area contributed by atoms with Gasteiger partial charge in [-0.25, -0.2) is 9.78 Å². The monoisotopic (exact) mass is 445 g/mol. The van der Waals surface area contributed by atoms with E-state index in [2.05, 4.69) is 10.3 Å². The molecule has 10 heteroatoms. The molecule has 0 saturated carbocycles. The van der Waals surface area contributed by atoms with Gasteiger partial charge in [-0.15, -0.1) is 0 Å².